The van der Waals surface area contributed by atoms with E-state index in [0.717, 1.165) is 25.3 Å². The van der Waals surface area contributed by atoms with E-state index >= 15 is 0 Å². The molecule has 0 N–H and O–H groups in total. The zero-order valence-electron chi connectivity index (χ0n) is 9.99. The van der Waals surface area contributed by atoms with Crippen molar-refractivity contribution in [1.29, 1.82) is 0 Å². The minimum absolute atomic E-state index is 0.131. The summed E-state index contributed by atoms with van der Waals surface area (Å²) in [6, 6.07) is 0. The Bertz CT molecular complexity index is 199. The van der Waals surface area contributed by atoms with Gasteiger partial charge in [-0.1, -0.05) is 32.1 Å². The van der Waals surface area contributed by atoms with Crippen LogP contribution in [0.25, 0.3) is 0 Å². The van der Waals surface area contributed by atoms with Gasteiger partial charge in [-0.15, -0.1) is 0 Å². The van der Waals surface area contributed by atoms with Crippen molar-refractivity contribution >= 4 is 18.7 Å². The summed E-state index contributed by atoms with van der Waals surface area (Å²) in [6.45, 7) is 2.22. The first-order valence-electron chi connectivity index (χ1n) is 6.37. The quantitative estimate of drug-likeness (QED) is 0.499. The molecule has 0 radical (unpaired) electrons. The van der Waals surface area contributed by atoms with Crippen LogP contribution >= 0.6 is 12.6 Å². The molecule has 0 bridgehead atoms. The first kappa shape index (κ1) is 13.7. The highest BCUT2D eigenvalue weighted by molar-refractivity contribution is 7.80. The Kier molecular flexibility index (Phi) is 7.47. The smallest absolute Gasteiger partial charge is 0.409 e. The number of nitrogens with zero attached hydrogens (tertiary/aromatic N) is 1. The number of rotatable bonds is 9. The minimum atomic E-state index is -0.131. The maximum Gasteiger partial charge on any atom is 0.409 e. The van der Waals surface area contributed by atoms with Gasteiger partial charge in [0.1, 0.15) is 6.61 Å². The lowest BCUT2D eigenvalue weighted by atomic mass is 10.1. The van der Waals surface area contributed by atoms with Crippen LogP contribution in [0.15, 0.2) is 0 Å². The van der Waals surface area contributed by atoms with E-state index in [0.29, 0.717) is 6.61 Å². The standard InChI is InChI=1S/C12H23NO2S/c14-12-13(9-10-15-12)8-6-4-2-1-3-5-7-11-16/h16H,1-11H2. The highest BCUT2D eigenvalue weighted by Crippen LogP contribution is 2.10. The molecule has 1 amide bonds. The van der Waals surface area contributed by atoms with Crippen LogP contribution in [-0.4, -0.2) is 36.4 Å². The second-order valence-corrected chi connectivity index (χ2v) is 4.75. The van der Waals surface area contributed by atoms with Gasteiger partial charge in [0, 0.05) is 6.54 Å². The van der Waals surface area contributed by atoms with Crippen LogP contribution in [-0.2, 0) is 4.74 Å². The van der Waals surface area contributed by atoms with Crippen LogP contribution in [0.2, 0.25) is 0 Å². The highest BCUT2D eigenvalue weighted by atomic mass is 32.1. The van der Waals surface area contributed by atoms with E-state index < -0.39 is 0 Å². The molecule has 4 heteroatoms. The van der Waals surface area contributed by atoms with Gasteiger partial charge >= 0.3 is 6.09 Å². The lowest BCUT2D eigenvalue weighted by Crippen LogP contribution is -2.25. The molecular weight excluding hydrogens is 222 g/mol. The van der Waals surface area contributed by atoms with Crippen molar-refractivity contribution in [3.05, 3.63) is 0 Å². The zero-order chi connectivity index (χ0) is 11.6. The van der Waals surface area contributed by atoms with E-state index in [9.17, 15) is 4.79 Å². The Morgan fingerprint density at radius 2 is 1.69 bits per heavy atom. The van der Waals surface area contributed by atoms with Gasteiger partial charge in [0.2, 0.25) is 0 Å². The van der Waals surface area contributed by atoms with Gasteiger partial charge < -0.3 is 9.64 Å². The van der Waals surface area contributed by atoms with Crippen molar-refractivity contribution < 1.29 is 9.53 Å². The lowest BCUT2D eigenvalue weighted by Gasteiger charge is -2.11. The largest absolute Gasteiger partial charge is 0.448 e. The van der Waals surface area contributed by atoms with E-state index in [1.165, 1.54) is 38.5 Å². The van der Waals surface area contributed by atoms with Crippen molar-refractivity contribution in [3.8, 4) is 0 Å². The Morgan fingerprint density at radius 3 is 2.25 bits per heavy atom. The van der Waals surface area contributed by atoms with Gasteiger partial charge in [-0.2, -0.15) is 12.6 Å². The van der Waals surface area contributed by atoms with Crippen molar-refractivity contribution in [2.24, 2.45) is 0 Å². The summed E-state index contributed by atoms with van der Waals surface area (Å²) in [6.07, 6.45) is 8.69. The molecule has 3 nitrogen and oxygen atoms in total. The maximum absolute atomic E-state index is 11.1. The van der Waals surface area contributed by atoms with Crippen LogP contribution in [0.5, 0.6) is 0 Å². The van der Waals surface area contributed by atoms with Gasteiger partial charge in [0.25, 0.3) is 0 Å². The van der Waals surface area contributed by atoms with Crippen LogP contribution in [0, 0.1) is 0 Å². The summed E-state index contributed by atoms with van der Waals surface area (Å²) < 4.78 is 4.87. The van der Waals surface area contributed by atoms with Crippen LogP contribution < -0.4 is 0 Å². The van der Waals surface area contributed by atoms with Crippen molar-refractivity contribution in [1.82, 2.24) is 4.90 Å². The molecule has 1 heterocycles. The van der Waals surface area contributed by atoms with Gasteiger partial charge in [0.15, 0.2) is 0 Å². The van der Waals surface area contributed by atoms with Crippen molar-refractivity contribution in [3.63, 3.8) is 0 Å². The molecule has 1 fully saturated rings. The second kappa shape index (κ2) is 8.74. The molecular formula is C12H23NO2S. The average molecular weight is 245 g/mol. The molecule has 1 aliphatic rings. The van der Waals surface area contributed by atoms with Gasteiger partial charge in [0.05, 0.1) is 6.54 Å². The molecule has 16 heavy (non-hydrogen) atoms. The topological polar surface area (TPSA) is 29.5 Å². The number of hydrogen-bond acceptors (Lipinski definition) is 3. The second-order valence-electron chi connectivity index (χ2n) is 4.30. The fourth-order valence-electron chi connectivity index (χ4n) is 1.93. The average Bonchev–Trinajstić information content (AvgIpc) is 2.68. The number of unbranched alkanes of at least 4 members (excludes halogenated alkanes) is 6. The molecule has 0 aromatic rings. The van der Waals surface area contributed by atoms with Gasteiger partial charge in [-0.3, -0.25) is 0 Å². The van der Waals surface area contributed by atoms with Gasteiger partial charge in [-0.05, 0) is 18.6 Å². The molecule has 0 aromatic carbocycles. The third-order valence-electron chi connectivity index (χ3n) is 2.93. The summed E-state index contributed by atoms with van der Waals surface area (Å²) in [5.41, 5.74) is 0. The molecule has 0 spiro atoms. The minimum Gasteiger partial charge on any atom is -0.448 e. The number of thiol groups is 1. The molecule has 0 aliphatic carbocycles. The third-order valence-corrected chi connectivity index (χ3v) is 3.25. The van der Waals surface area contributed by atoms with Crippen LogP contribution in [0.1, 0.15) is 44.9 Å². The number of carbonyl (C=O) groups excluding carboxylic acids is 1. The van der Waals surface area contributed by atoms with E-state index in [4.69, 9.17) is 4.74 Å². The maximum atomic E-state index is 11.1. The van der Waals surface area contributed by atoms with Gasteiger partial charge in [-0.25, -0.2) is 4.79 Å². The third kappa shape index (κ3) is 5.64. The summed E-state index contributed by atoms with van der Waals surface area (Å²) >= 11 is 4.19. The Balaban J connectivity index is 1.83. The molecule has 0 atom stereocenters. The van der Waals surface area contributed by atoms with Crippen LogP contribution in [0.3, 0.4) is 0 Å². The molecule has 1 rings (SSSR count). The van der Waals surface area contributed by atoms with E-state index in [1.807, 2.05) is 0 Å². The predicted molar refractivity (Wildman–Crippen MR) is 69.1 cm³/mol. The lowest BCUT2D eigenvalue weighted by molar-refractivity contribution is 0.158. The first-order valence-corrected chi connectivity index (χ1v) is 7.00. The first-order chi connectivity index (χ1) is 7.84. The Hall–Kier alpha value is -0.380. The highest BCUT2D eigenvalue weighted by Gasteiger charge is 2.20. The molecule has 0 unspecified atom stereocenters. The zero-order valence-corrected chi connectivity index (χ0v) is 10.9. The van der Waals surface area contributed by atoms with E-state index in [1.54, 1.807) is 4.90 Å². The normalized spacial score (nSPS) is 15.6. The molecule has 0 saturated carbocycles. The number of hydrogen-bond donors (Lipinski definition) is 1. The fraction of sp³-hybridized carbons (Fsp3) is 0.917. The molecule has 94 valence electrons. The Labute approximate surface area is 104 Å². The molecule has 1 aliphatic heterocycles. The van der Waals surface area contributed by atoms with E-state index in [-0.39, 0.29) is 6.09 Å². The number of carbonyl (C=O) groups is 1. The summed E-state index contributed by atoms with van der Waals surface area (Å²) in [4.78, 5) is 12.9. The molecule has 1 saturated heterocycles. The number of amides is 1. The fourth-order valence-corrected chi connectivity index (χ4v) is 2.15. The predicted octanol–water partition coefficient (Wildman–Crippen LogP) is 3.10. The monoisotopic (exact) mass is 245 g/mol. The van der Waals surface area contributed by atoms with Crippen molar-refractivity contribution in [2.45, 2.75) is 44.9 Å². The summed E-state index contributed by atoms with van der Waals surface area (Å²) in [7, 11) is 0. The SMILES string of the molecule is O=C1OCCN1CCCCCCCCCS. The summed E-state index contributed by atoms with van der Waals surface area (Å²) in [5.74, 6) is 1.01. The summed E-state index contributed by atoms with van der Waals surface area (Å²) in [5, 5.41) is 0. The number of cyclic esters (lactones) is 1. The van der Waals surface area contributed by atoms with E-state index in [2.05, 4.69) is 12.6 Å². The molecule has 0 aromatic heterocycles. The van der Waals surface area contributed by atoms with Crippen molar-refractivity contribution in [2.75, 3.05) is 25.4 Å². The van der Waals surface area contributed by atoms with Crippen LogP contribution in [0.4, 0.5) is 4.79 Å². The Morgan fingerprint density at radius 1 is 1.06 bits per heavy atom. The number of ether oxygens (including phenoxy) is 1.